The molecule has 0 unspecified atom stereocenters. The number of anilines is 1. The average molecular weight is 562 g/mol. The van der Waals surface area contributed by atoms with Crippen molar-refractivity contribution in [2.45, 2.75) is 23.2 Å². The van der Waals surface area contributed by atoms with Crippen LogP contribution in [0.25, 0.3) is 10.2 Å². The topological polar surface area (TPSA) is 91.6 Å². The molecule has 0 fully saturated rings. The molecule has 0 radical (unpaired) electrons. The van der Waals surface area contributed by atoms with Gasteiger partial charge in [0.05, 0.1) is 43.8 Å². The van der Waals surface area contributed by atoms with Gasteiger partial charge in [0.15, 0.2) is 15.8 Å². The Morgan fingerprint density at radius 1 is 0.974 bits per heavy atom. The molecule has 0 bridgehead atoms. The molecule has 0 saturated heterocycles. The third-order valence-corrected chi connectivity index (χ3v) is 8.19. The van der Waals surface area contributed by atoms with Crippen LogP contribution in [0.15, 0.2) is 77.3 Å². The minimum absolute atomic E-state index is 0.0311. The van der Waals surface area contributed by atoms with Gasteiger partial charge in [0, 0.05) is 23.7 Å². The summed E-state index contributed by atoms with van der Waals surface area (Å²) in [5.74, 6) is 2.34. The van der Waals surface area contributed by atoms with E-state index < -0.39 is 0 Å². The quantitative estimate of drug-likeness (QED) is 0.197. The second-order valence-corrected chi connectivity index (χ2v) is 10.8. The first-order valence-electron chi connectivity index (χ1n) is 12.1. The molecule has 5 aromatic rings. The molecule has 39 heavy (non-hydrogen) atoms. The predicted molar refractivity (Wildman–Crippen MR) is 153 cm³/mol. The van der Waals surface area contributed by atoms with Crippen molar-refractivity contribution in [3.05, 3.63) is 84.2 Å². The van der Waals surface area contributed by atoms with E-state index in [9.17, 15) is 4.79 Å². The first-order valence-corrected chi connectivity index (χ1v) is 13.9. The van der Waals surface area contributed by atoms with Crippen molar-refractivity contribution in [2.75, 3.05) is 26.2 Å². The van der Waals surface area contributed by atoms with Crippen LogP contribution in [-0.2, 0) is 23.6 Å². The number of carbonyl (C=O) groups is 1. The minimum Gasteiger partial charge on any atom is -0.497 e. The van der Waals surface area contributed by atoms with Gasteiger partial charge in [0.2, 0.25) is 5.91 Å². The number of benzene rings is 3. The highest BCUT2D eigenvalue weighted by atomic mass is 32.2. The molecule has 2 aromatic heterocycles. The summed E-state index contributed by atoms with van der Waals surface area (Å²) in [6.45, 7) is 0.386. The maximum Gasteiger partial charge on any atom is 0.249 e. The molecule has 200 valence electrons. The molecule has 0 aliphatic heterocycles. The lowest BCUT2D eigenvalue weighted by molar-refractivity contribution is -0.119. The smallest absolute Gasteiger partial charge is 0.249 e. The van der Waals surface area contributed by atoms with Gasteiger partial charge in [-0.25, -0.2) is 9.67 Å². The molecule has 11 heteroatoms. The molecule has 1 amide bonds. The zero-order valence-electron chi connectivity index (χ0n) is 21.7. The number of para-hydroxylation sites is 1. The number of hydrogen-bond acceptors (Lipinski definition) is 9. The number of carbonyl (C=O) groups excluding carboxylic acids is 1. The Bertz CT molecular complexity index is 1540. The van der Waals surface area contributed by atoms with Gasteiger partial charge in [0.25, 0.3) is 0 Å². The minimum atomic E-state index is -0.145. The van der Waals surface area contributed by atoms with Crippen molar-refractivity contribution in [1.29, 1.82) is 0 Å². The van der Waals surface area contributed by atoms with E-state index >= 15 is 0 Å². The Labute approximate surface area is 234 Å². The summed E-state index contributed by atoms with van der Waals surface area (Å²) in [6, 6.07) is 21.1. The molecular formula is C28H27N5O4S2. The van der Waals surface area contributed by atoms with Gasteiger partial charge in [-0.3, -0.25) is 4.79 Å². The molecule has 0 aliphatic carbocycles. The van der Waals surface area contributed by atoms with Crippen LogP contribution in [0.4, 0.5) is 5.69 Å². The number of fused-ring (bicyclic) bond motifs is 1. The van der Waals surface area contributed by atoms with Gasteiger partial charge in [-0.05, 0) is 42.0 Å². The monoisotopic (exact) mass is 561 g/mol. The van der Waals surface area contributed by atoms with E-state index in [1.807, 2.05) is 48.5 Å². The van der Waals surface area contributed by atoms with Gasteiger partial charge >= 0.3 is 0 Å². The largest absolute Gasteiger partial charge is 0.497 e. The van der Waals surface area contributed by atoms with Crippen LogP contribution in [0.1, 0.15) is 11.3 Å². The van der Waals surface area contributed by atoms with Crippen molar-refractivity contribution >= 4 is 44.9 Å². The molecule has 0 aliphatic rings. The zero-order chi connectivity index (χ0) is 27.2. The van der Waals surface area contributed by atoms with Gasteiger partial charge in [-0.2, -0.15) is 0 Å². The molecule has 0 spiro atoms. The summed E-state index contributed by atoms with van der Waals surface area (Å²) in [6.07, 6.45) is 1.80. The van der Waals surface area contributed by atoms with Crippen molar-refractivity contribution in [1.82, 2.24) is 20.0 Å². The Kier molecular flexibility index (Phi) is 8.28. The Hall–Kier alpha value is -4.09. The molecule has 0 saturated carbocycles. The first-order chi connectivity index (χ1) is 19.1. The number of ether oxygens (including phenoxy) is 3. The van der Waals surface area contributed by atoms with Gasteiger partial charge in [-0.15, -0.1) is 16.4 Å². The summed E-state index contributed by atoms with van der Waals surface area (Å²) < 4.78 is 19.8. The van der Waals surface area contributed by atoms with Crippen molar-refractivity contribution < 1.29 is 19.0 Å². The fourth-order valence-electron chi connectivity index (χ4n) is 3.98. The number of thioether (sulfide) groups is 1. The van der Waals surface area contributed by atoms with Crippen molar-refractivity contribution in [3.63, 3.8) is 0 Å². The normalized spacial score (nSPS) is 10.9. The van der Waals surface area contributed by atoms with E-state index in [0.717, 1.165) is 31.6 Å². The third-order valence-electron chi connectivity index (χ3n) is 5.98. The second kappa shape index (κ2) is 12.2. The van der Waals surface area contributed by atoms with E-state index in [-0.39, 0.29) is 12.5 Å². The molecule has 3 aromatic carbocycles. The highest BCUT2D eigenvalue weighted by molar-refractivity contribution is 8.00. The van der Waals surface area contributed by atoms with Crippen LogP contribution in [0.2, 0.25) is 0 Å². The number of aromatic nitrogens is 4. The Morgan fingerprint density at radius 3 is 2.51 bits per heavy atom. The van der Waals surface area contributed by atoms with E-state index in [1.165, 1.54) is 0 Å². The van der Waals surface area contributed by atoms with Gasteiger partial charge in [0.1, 0.15) is 12.3 Å². The van der Waals surface area contributed by atoms with Crippen LogP contribution in [-0.4, -0.2) is 47.2 Å². The summed E-state index contributed by atoms with van der Waals surface area (Å²) >= 11 is 3.26. The summed E-state index contributed by atoms with van der Waals surface area (Å²) in [4.78, 5) is 20.0. The lowest BCUT2D eigenvalue weighted by Crippen LogP contribution is -2.33. The molecule has 0 atom stereocenters. The maximum atomic E-state index is 13.6. The highest BCUT2D eigenvalue weighted by Crippen LogP contribution is 2.33. The number of rotatable bonds is 11. The van der Waals surface area contributed by atoms with Crippen molar-refractivity contribution in [3.8, 4) is 17.2 Å². The van der Waals surface area contributed by atoms with E-state index in [1.54, 1.807) is 72.3 Å². The summed E-state index contributed by atoms with van der Waals surface area (Å²) in [5.41, 5.74) is 3.40. The van der Waals surface area contributed by atoms with Crippen LogP contribution < -0.4 is 19.1 Å². The summed E-state index contributed by atoms with van der Waals surface area (Å²) in [7, 11) is 4.77. The number of hydrogen-bond donors (Lipinski definition) is 0. The molecule has 5 rings (SSSR count). The average Bonchev–Trinajstić information content (AvgIpc) is 3.61. The molecule has 2 heterocycles. The number of nitrogens with zero attached hydrogens (tertiary/aromatic N) is 5. The van der Waals surface area contributed by atoms with Gasteiger partial charge < -0.3 is 19.1 Å². The van der Waals surface area contributed by atoms with Crippen LogP contribution in [0.5, 0.6) is 17.2 Å². The fraction of sp³-hybridized carbons (Fsp3) is 0.214. The molecule has 9 nitrogen and oxygen atoms in total. The highest BCUT2D eigenvalue weighted by Gasteiger charge is 2.20. The lowest BCUT2D eigenvalue weighted by Gasteiger charge is -2.24. The van der Waals surface area contributed by atoms with Gasteiger partial charge in [-0.1, -0.05) is 41.2 Å². The van der Waals surface area contributed by atoms with Crippen LogP contribution in [0, 0.1) is 0 Å². The Balaban J connectivity index is 1.31. The standard InChI is InChI=1S/C28H27N5O4S2/c1-35-22-11-8-19(9-12-22)15-33(21-10-13-24(36-2)25(14-21)37-3)27(34)17-32-16-20(30-31-32)18-38-28-29-23-6-4-5-7-26(23)39-28/h4-14,16H,15,17-18H2,1-3H3. The van der Waals surface area contributed by atoms with Crippen LogP contribution >= 0.6 is 23.1 Å². The van der Waals surface area contributed by atoms with E-state index in [0.29, 0.717) is 29.5 Å². The van der Waals surface area contributed by atoms with Crippen LogP contribution in [0.3, 0.4) is 0 Å². The first kappa shape index (κ1) is 26.5. The van der Waals surface area contributed by atoms with E-state index in [4.69, 9.17) is 14.2 Å². The van der Waals surface area contributed by atoms with Crippen molar-refractivity contribution in [2.24, 2.45) is 0 Å². The molecular weight excluding hydrogens is 534 g/mol. The number of methoxy groups -OCH3 is 3. The SMILES string of the molecule is COc1ccc(CN(C(=O)Cn2cc(CSc3nc4ccccc4s3)nn2)c2ccc(OC)c(OC)c2)cc1. The maximum absolute atomic E-state index is 13.6. The number of amides is 1. The lowest BCUT2D eigenvalue weighted by atomic mass is 10.1. The second-order valence-electron chi connectivity index (χ2n) is 8.51. The van der Waals surface area contributed by atoms with E-state index in [2.05, 4.69) is 21.4 Å². The Morgan fingerprint density at radius 2 is 1.77 bits per heavy atom. The summed E-state index contributed by atoms with van der Waals surface area (Å²) in [5, 5.41) is 8.48. The zero-order valence-corrected chi connectivity index (χ0v) is 23.4. The fourth-order valence-corrected chi connectivity index (χ4v) is 5.93. The third kappa shape index (κ3) is 6.32. The number of thiazole rings is 1. The molecule has 0 N–H and O–H groups in total. The predicted octanol–water partition coefficient (Wildman–Crippen LogP) is 5.44.